The molecule has 0 spiro atoms. The number of hydrogen-bond acceptors (Lipinski definition) is 3. The van der Waals surface area contributed by atoms with Crippen molar-refractivity contribution >= 4 is 0 Å². The maximum Gasteiger partial charge on any atom is 0.138 e. The number of aromatic nitrogens is 3. The molecule has 0 amide bonds. The van der Waals surface area contributed by atoms with Crippen LogP contribution >= 0.6 is 0 Å². The van der Waals surface area contributed by atoms with Gasteiger partial charge in [-0.1, -0.05) is 26.2 Å². The van der Waals surface area contributed by atoms with Gasteiger partial charge in [-0.15, -0.1) is 0 Å². The van der Waals surface area contributed by atoms with Gasteiger partial charge in [-0.2, -0.15) is 5.10 Å². The van der Waals surface area contributed by atoms with Crippen molar-refractivity contribution in [3.05, 3.63) is 12.2 Å². The Labute approximate surface area is 110 Å². The van der Waals surface area contributed by atoms with E-state index in [1.165, 1.54) is 37.9 Å². The van der Waals surface area contributed by atoms with Crippen molar-refractivity contribution in [3.63, 3.8) is 0 Å². The minimum atomic E-state index is 0.408. The van der Waals surface area contributed by atoms with Gasteiger partial charge < -0.3 is 5.32 Å². The zero-order chi connectivity index (χ0) is 12.8. The van der Waals surface area contributed by atoms with Crippen LogP contribution in [0.1, 0.15) is 51.3 Å². The van der Waals surface area contributed by atoms with E-state index >= 15 is 0 Å². The SMILES string of the molecule is CCCn1ncnc1CC1(CNC)CCCCC1. The van der Waals surface area contributed by atoms with Crippen LogP contribution in [-0.2, 0) is 13.0 Å². The normalized spacial score (nSPS) is 19.0. The number of aryl methyl sites for hydroxylation is 1. The van der Waals surface area contributed by atoms with Gasteiger partial charge in [0.1, 0.15) is 12.2 Å². The summed E-state index contributed by atoms with van der Waals surface area (Å²) in [7, 11) is 2.06. The first-order valence-corrected chi connectivity index (χ1v) is 7.31. The second-order valence-electron chi connectivity index (χ2n) is 5.67. The van der Waals surface area contributed by atoms with Crippen LogP contribution in [0.5, 0.6) is 0 Å². The Morgan fingerprint density at radius 2 is 2.11 bits per heavy atom. The summed E-state index contributed by atoms with van der Waals surface area (Å²) in [6.45, 7) is 4.28. The molecular weight excluding hydrogens is 224 g/mol. The van der Waals surface area contributed by atoms with Gasteiger partial charge in [0.2, 0.25) is 0 Å². The van der Waals surface area contributed by atoms with E-state index in [-0.39, 0.29) is 0 Å². The highest BCUT2D eigenvalue weighted by molar-refractivity contribution is 4.96. The van der Waals surface area contributed by atoms with Crippen LogP contribution in [0.25, 0.3) is 0 Å². The Hall–Kier alpha value is -0.900. The van der Waals surface area contributed by atoms with Gasteiger partial charge in [-0.3, -0.25) is 4.68 Å². The van der Waals surface area contributed by atoms with E-state index in [0.717, 1.165) is 25.9 Å². The average molecular weight is 250 g/mol. The molecule has 1 N–H and O–H groups in total. The van der Waals surface area contributed by atoms with E-state index in [2.05, 4.69) is 34.1 Å². The summed E-state index contributed by atoms with van der Waals surface area (Å²) in [6, 6.07) is 0. The maximum absolute atomic E-state index is 4.48. The van der Waals surface area contributed by atoms with Gasteiger partial charge in [-0.05, 0) is 31.7 Å². The summed E-state index contributed by atoms with van der Waals surface area (Å²) in [5.74, 6) is 1.18. The van der Waals surface area contributed by atoms with Gasteiger partial charge in [0.05, 0.1) is 0 Å². The summed E-state index contributed by atoms with van der Waals surface area (Å²) in [5, 5.41) is 7.73. The van der Waals surface area contributed by atoms with Crippen molar-refractivity contribution in [2.45, 2.75) is 58.4 Å². The van der Waals surface area contributed by atoms with E-state index in [1.807, 2.05) is 0 Å². The first-order valence-electron chi connectivity index (χ1n) is 7.31. The van der Waals surface area contributed by atoms with Gasteiger partial charge in [0.15, 0.2) is 0 Å². The zero-order valence-electron chi connectivity index (χ0n) is 11.8. The summed E-state index contributed by atoms with van der Waals surface area (Å²) < 4.78 is 2.09. The molecule has 4 heteroatoms. The lowest BCUT2D eigenvalue weighted by Crippen LogP contribution is -2.37. The minimum Gasteiger partial charge on any atom is -0.319 e. The second-order valence-corrected chi connectivity index (χ2v) is 5.67. The Morgan fingerprint density at radius 3 is 2.78 bits per heavy atom. The van der Waals surface area contributed by atoms with Crippen molar-refractivity contribution in [2.75, 3.05) is 13.6 Å². The number of nitrogens with zero attached hydrogens (tertiary/aromatic N) is 3. The molecule has 0 saturated heterocycles. The fraction of sp³-hybridized carbons (Fsp3) is 0.857. The maximum atomic E-state index is 4.48. The van der Waals surface area contributed by atoms with Gasteiger partial charge >= 0.3 is 0 Å². The van der Waals surface area contributed by atoms with Gasteiger partial charge in [-0.25, -0.2) is 4.98 Å². The van der Waals surface area contributed by atoms with E-state index < -0.39 is 0 Å². The van der Waals surface area contributed by atoms with E-state index in [0.29, 0.717) is 5.41 Å². The molecule has 1 heterocycles. The quantitative estimate of drug-likeness (QED) is 0.843. The number of rotatable bonds is 6. The Balaban J connectivity index is 2.09. The molecule has 0 bridgehead atoms. The third kappa shape index (κ3) is 3.10. The highest BCUT2D eigenvalue weighted by atomic mass is 15.3. The summed E-state index contributed by atoms with van der Waals surface area (Å²) in [6.07, 6.45) is 10.7. The third-order valence-electron chi connectivity index (χ3n) is 4.13. The summed E-state index contributed by atoms with van der Waals surface area (Å²) in [5.41, 5.74) is 0.408. The summed E-state index contributed by atoms with van der Waals surface area (Å²) in [4.78, 5) is 4.48. The monoisotopic (exact) mass is 250 g/mol. The van der Waals surface area contributed by atoms with Crippen LogP contribution in [0.4, 0.5) is 0 Å². The molecule has 2 rings (SSSR count). The zero-order valence-corrected chi connectivity index (χ0v) is 11.8. The van der Waals surface area contributed by atoms with E-state index in [9.17, 15) is 0 Å². The predicted octanol–water partition coefficient (Wildman–Crippen LogP) is 2.40. The molecule has 102 valence electrons. The molecule has 1 aromatic heterocycles. The smallest absolute Gasteiger partial charge is 0.138 e. The predicted molar refractivity (Wildman–Crippen MR) is 73.5 cm³/mol. The molecule has 1 saturated carbocycles. The third-order valence-corrected chi connectivity index (χ3v) is 4.13. The van der Waals surface area contributed by atoms with Crippen LogP contribution in [0.3, 0.4) is 0 Å². The Bertz CT molecular complexity index is 347. The lowest BCUT2D eigenvalue weighted by atomic mass is 9.71. The Kier molecular flexibility index (Phi) is 4.75. The lowest BCUT2D eigenvalue weighted by Gasteiger charge is -2.37. The van der Waals surface area contributed by atoms with Crippen LogP contribution in [-0.4, -0.2) is 28.4 Å². The standard InChI is InChI=1S/C14H26N4/c1-3-9-18-13(16-12-17-18)10-14(11-15-2)7-5-4-6-8-14/h12,15H,3-11H2,1-2H3. The number of nitrogens with one attached hydrogen (secondary N) is 1. The highest BCUT2D eigenvalue weighted by Crippen LogP contribution is 2.38. The summed E-state index contributed by atoms with van der Waals surface area (Å²) >= 11 is 0. The molecule has 18 heavy (non-hydrogen) atoms. The molecule has 0 unspecified atom stereocenters. The molecule has 0 aliphatic heterocycles. The fourth-order valence-corrected chi connectivity index (χ4v) is 3.25. The van der Waals surface area contributed by atoms with Crippen LogP contribution in [0.15, 0.2) is 6.33 Å². The second kappa shape index (κ2) is 6.32. The van der Waals surface area contributed by atoms with Crippen molar-refractivity contribution in [1.82, 2.24) is 20.1 Å². The molecule has 1 aliphatic carbocycles. The largest absolute Gasteiger partial charge is 0.319 e. The molecule has 1 fully saturated rings. The van der Waals surface area contributed by atoms with Crippen LogP contribution in [0, 0.1) is 5.41 Å². The molecule has 0 aromatic carbocycles. The van der Waals surface area contributed by atoms with Crippen molar-refractivity contribution in [1.29, 1.82) is 0 Å². The van der Waals surface area contributed by atoms with Gasteiger partial charge in [0.25, 0.3) is 0 Å². The van der Waals surface area contributed by atoms with Gasteiger partial charge in [0, 0.05) is 19.5 Å². The number of hydrogen-bond donors (Lipinski definition) is 1. The van der Waals surface area contributed by atoms with Crippen molar-refractivity contribution in [3.8, 4) is 0 Å². The van der Waals surface area contributed by atoms with Crippen LogP contribution in [0.2, 0.25) is 0 Å². The average Bonchev–Trinajstić information content (AvgIpc) is 2.78. The topological polar surface area (TPSA) is 42.7 Å². The first-order chi connectivity index (χ1) is 8.79. The van der Waals surface area contributed by atoms with Crippen molar-refractivity contribution < 1.29 is 0 Å². The van der Waals surface area contributed by atoms with Crippen LogP contribution < -0.4 is 5.32 Å². The highest BCUT2D eigenvalue weighted by Gasteiger charge is 2.33. The molecule has 0 atom stereocenters. The van der Waals surface area contributed by atoms with Crippen molar-refractivity contribution in [2.24, 2.45) is 5.41 Å². The van der Waals surface area contributed by atoms with E-state index in [4.69, 9.17) is 0 Å². The Morgan fingerprint density at radius 1 is 1.33 bits per heavy atom. The lowest BCUT2D eigenvalue weighted by molar-refractivity contribution is 0.179. The molecule has 1 aromatic rings. The first kappa shape index (κ1) is 13.5. The molecular formula is C14H26N4. The molecule has 1 aliphatic rings. The fourth-order valence-electron chi connectivity index (χ4n) is 3.25. The molecule has 4 nitrogen and oxygen atoms in total. The minimum absolute atomic E-state index is 0.408. The van der Waals surface area contributed by atoms with E-state index in [1.54, 1.807) is 6.33 Å². The molecule has 0 radical (unpaired) electrons.